The molecule has 0 aliphatic carbocycles. The first-order valence-corrected chi connectivity index (χ1v) is 8.08. The number of nitrogens with two attached hydrogens (primary N) is 1. The van der Waals surface area contributed by atoms with E-state index in [0.29, 0.717) is 25.3 Å². The van der Waals surface area contributed by atoms with Gasteiger partial charge in [0.05, 0.1) is 12.7 Å². The molecular weight excluding hydrogens is 316 g/mol. The zero-order valence-corrected chi connectivity index (χ0v) is 14.5. The summed E-state index contributed by atoms with van der Waals surface area (Å²) in [6.07, 6.45) is 2.93. The molecule has 0 spiro atoms. The largest absolute Gasteiger partial charge is 0.494 e. The number of benzene rings is 1. The normalized spacial score (nSPS) is 15.1. The van der Waals surface area contributed by atoms with E-state index in [4.69, 9.17) is 15.2 Å². The summed E-state index contributed by atoms with van der Waals surface area (Å²) in [7, 11) is 0. The zero-order chi connectivity index (χ0) is 15.8. The average Bonchev–Trinajstić information content (AvgIpc) is 2.56. The highest BCUT2D eigenvalue weighted by Gasteiger charge is 2.24. The van der Waals surface area contributed by atoms with Crippen LogP contribution >= 0.6 is 12.4 Å². The van der Waals surface area contributed by atoms with Crippen molar-refractivity contribution in [1.82, 2.24) is 4.90 Å². The number of rotatable bonds is 7. The van der Waals surface area contributed by atoms with E-state index in [1.807, 2.05) is 36.1 Å². The van der Waals surface area contributed by atoms with Gasteiger partial charge in [0.15, 0.2) is 0 Å². The number of carbonyl (C=O) groups is 1. The van der Waals surface area contributed by atoms with Crippen molar-refractivity contribution in [1.29, 1.82) is 0 Å². The van der Waals surface area contributed by atoms with Gasteiger partial charge in [-0.15, -0.1) is 12.4 Å². The molecule has 0 unspecified atom stereocenters. The van der Waals surface area contributed by atoms with Gasteiger partial charge in [-0.2, -0.15) is 0 Å². The Labute approximate surface area is 144 Å². The maximum atomic E-state index is 12.5. The fourth-order valence-electron chi connectivity index (χ4n) is 2.63. The van der Waals surface area contributed by atoms with Gasteiger partial charge < -0.3 is 20.1 Å². The minimum Gasteiger partial charge on any atom is -0.494 e. The molecular formula is C17H27ClN2O3. The van der Waals surface area contributed by atoms with Crippen LogP contribution in [-0.2, 0) is 4.74 Å². The number of piperidine rings is 1. The van der Waals surface area contributed by atoms with Crippen molar-refractivity contribution in [2.24, 2.45) is 5.73 Å². The number of ether oxygens (including phenoxy) is 2. The molecule has 6 heteroatoms. The van der Waals surface area contributed by atoms with E-state index in [1.165, 1.54) is 0 Å². The Hall–Kier alpha value is -1.30. The van der Waals surface area contributed by atoms with Gasteiger partial charge in [-0.25, -0.2) is 0 Å². The fraction of sp³-hybridized carbons (Fsp3) is 0.588. The third kappa shape index (κ3) is 6.01. The van der Waals surface area contributed by atoms with Crippen LogP contribution in [0.15, 0.2) is 24.3 Å². The Bertz CT molecular complexity index is 477. The van der Waals surface area contributed by atoms with Crippen LogP contribution in [-0.4, -0.2) is 49.8 Å². The van der Waals surface area contributed by atoms with Gasteiger partial charge in [0, 0.05) is 25.3 Å². The molecule has 1 saturated heterocycles. The number of halogens is 1. The third-order valence-electron chi connectivity index (χ3n) is 3.82. The number of amides is 1. The van der Waals surface area contributed by atoms with Crippen LogP contribution in [0.5, 0.6) is 5.75 Å². The number of carbonyl (C=O) groups excluding carboxylic acids is 1. The molecule has 2 N–H and O–H groups in total. The maximum absolute atomic E-state index is 12.5. The molecule has 2 rings (SSSR count). The first-order chi connectivity index (χ1) is 10.7. The van der Waals surface area contributed by atoms with Crippen LogP contribution in [0, 0.1) is 0 Å². The molecule has 0 bridgehead atoms. The van der Waals surface area contributed by atoms with E-state index in [-0.39, 0.29) is 24.4 Å². The number of hydrogen-bond acceptors (Lipinski definition) is 4. The molecule has 1 aliphatic rings. The maximum Gasteiger partial charge on any atom is 0.253 e. The van der Waals surface area contributed by atoms with E-state index in [9.17, 15) is 4.79 Å². The first kappa shape index (κ1) is 19.7. The standard InChI is InChI=1S/C17H26N2O3.ClH/c1-2-21-16-6-3-5-14(13-16)17(20)19-10-7-15(8-11-19)22-12-4-9-18;/h3,5-6,13,15H,2,4,7-12,18H2,1H3;1H. The lowest BCUT2D eigenvalue weighted by Crippen LogP contribution is -2.41. The zero-order valence-electron chi connectivity index (χ0n) is 13.7. The van der Waals surface area contributed by atoms with Crippen molar-refractivity contribution >= 4 is 18.3 Å². The Morgan fingerprint density at radius 1 is 1.35 bits per heavy atom. The summed E-state index contributed by atoms with van der Waals surface area (Å²) < 4.78 is 11.2. The smallest absolute Gasteiger partial charge is 0.253 e. The highest BCUT2D eigenvalue weighted by molar-refractivity contribution is 5.94. The van der Waals surface area contributed by atoms with Crippen LogP contribution in [0.1, 0.15) is 36.5 Å². The van der Waals surface area contributed by atoms with Crippen LogP contribution in [0.2, 0.25) is 0 Å². The van der Waals surface area contributed by atoms with Gasteiger partial charge in [-0.3, -0.25) is 4.79 Å². The van der Waals surface area contributed by atoms with Crippen molar-refractivity contribution in [2.45, 2.75) is 32.3 Å². The predicted octanol–water partition coefficient (Wildman–Crippen LogP) is 2.48. The van der Waals surface area contributed by atoms with E-state index >= 15 is 0 Å². The fourth-order valence-corrected chi connectivity index (χ4v) is 2.63. The Kier molecular flexibility index (Phi) is 8.99. The predicted molar refractivity (Wildman–Crippen MR) is 93.4 cm³/mol. The lowest BCUT2D eigenvalue weighted by atomic mass is 10.1. The van der Waals surface area contributed by atoms with E-state index < -0.39 is 0 Å². The molecule has 130 valence electrons. The second kappa shape index (κ2) is 10.5. The summed E-state index contributed by atoms with van der Waals surface area (Å²) in [6.45, 7) is 5.39. The van der Waals surface area contributed by atoms with Gasteiger partial charge >= 0.3 is 0 Å². The van der Waals surface area contributed by atoms with Gasteiger partial charge in [-0.1, -0.05) is 6.07 Å². The van der Waals surface area contributed by atoms with Crippen molar-refractivity contribution in [3.63, 3.8) is 0 Å². The molecule has 1 heterocycles. The SMILES string of the molecule is CCOc1cccc(C(=O)N2CCC(OCCCN)CC2)c1.Cl. The Morgan fingerprint density at radius 2 is 2.09 bits per heavy atom. The quantitative estimate of drug-likeness (QED) is 0.773. The molecule has 0 atom stereocenters. The molecule has 1 fully saturated rings. The topological polar surface area (TPSA) is 64.8 Å². The second-order valence-corrected chi connectivity index (χ2v) is 5.47. The monoisotopic (exact) mass is 342 g/mol. The van der Waals surface area contributed by atoms with Crippen molar-refractivity contribution in [3.8, 4) is 5.75 Å². The minimum atomic E-state index is 0. The number of nitrogens with zero attached hydrogens (tertiary/aromatic N) is 1. The van der Waals surface area contributed by atoms with Crippen LogP contribution in [0.4, 0.5) is 0 Å². The molecule has 0 saturated carbocycles. The lowest BCUT2D eigenvalue weighted by molar-refractivity contribution is 0.00843. The van der Waals surface area contributed by atoms with Crippen molar-refractivity contribution in [2.75, 3.05) is 32.8 Å². The average molecular weight is 343 g/mol. The molecule has 1 amide bonds. The van der Waals surface area contributed by atoms with Crippen molar-refractivity contribution < 1.29 is 14.3 Å². The van der Waals surface area contributed by atoms with Crippen molar-refractivity contribution in [3.05, 3.63) is 29.8 Å². The third-order valence-corrected chi connectivity index (χ3v) is 3.82. The van der Waals surface area contributed by atoms with Gasteiger partial charge in [0.1, 0.15) is 5.75 Å². The summed E-state index contributed by atoms with van der Waals surface area (Å²) >= 11 is 0. The van der Waals surface area contributed by atoms with E-state index in [0.717, 1.165) is 38.1 Å². The molecule has 0 aromatic heterocycles. The molecule has 1 aromatic carbocycles. The van der Waals surface area contributed by atoms with E-state index in [1.54, 1.807) is 0 Å². The number of likely N-dealkylation sites (tertiary alicyclic amines) is 1. The van der Waals surface area contributed by atoms with Gasteiger partial charge in [0.25, 0.3) is 5.91 Å². The highest BCUT2D eigenvalue weighted by atomic mass is 35.5. The van der Waals surface area contributed by atoms with Gasteiger partial charge in [-0.05, 0) is 50.9 Å². The summed E-state index contributed by atoms with van der Waals surface area (Å²) in [5.74, 6) is 0.815. The first-order valence-electron chi connectivity index (χ1n) is 8.08. The minimum absolute atomic E-state index is 0. The number of hydrogen-bond donors (Lipinski definition) is 1. The Morgan fingerprint density at radius 3 is 2.74 bits per heavy atom. The molecule has 1 aromatic rings. The lowest BCUT2D eigenvalue weighted by Gasteiger charge is -2.32. The second-order valence-electron chi connectivity index (χ2n) is 5.47. The molecule has 5 nitrogen and oxygen atoms in total. The summed E-state index contributed by atoms with van der Waals surface area (Å²) in [6, 6.07) is 7.39. The highest BCUT2D eigenvalue weighted by Crippen LogP contribution is 2.19. The molecule has 23 heavy (non-hydrogen) atoms. The summed E-state index contributed by atoms with van der Waals surface area (Å²) in [5.41, 5.74) is 6.15. The van der Waals surface area contributed by atoms with Crippen LogP contribution < -0.4 is 10.5 Å². The van der Waals surface area contributed by atoms with E-state index in [2.05, 4.69) is 0 Å². The Balaban J connectivity index is 0.00000264. The summed E-state index contributed by atoms with van der Waals surface area (Å²) in [4.78, 5) is 14.4. The molecule has 1 aliphatic heterocycles. The van der Waals surface area contributed by atoms with Crippen LogP contribution in [0.3, 0.4) is 0 Å². The van der Waals surface area contributed by atoms with Gasteiger partial charge in [0.2, 0.25) is 0 Å². The summed E-state index contributed by atoms with van der Waals surface area (Å²) in [5, 5.41) is 0. The van der Waals surface area contributed by atoms with Crippen LogP contribution in [0.25, 0.3) is 0 Å². The molecule has 0 radical (unpaired) electrons.